The first-order valence-corrected chi connectivity index (χ1v) is 10.3. The fourth-order valence-electron chi connectivity index (χ4n) is 3.38. The van der Waals surface area contributed by atoms with Crippen LogP contribution in [0.5, 0.6) is 5.75 Å². The van der Waals surface area contributed by atoms with E-state index in [0.29, 0.717) is 0 Å². The molecule has 5 nitrogen and oxygen atoms in total. The minimum absolute atomic E-state index is 0.825. The lowest BCUT2D eigenvalue weighted by Gasteiger charge is -2.16. The normalized spacial score (nSPS) is 14.6. The van der Waals surface area contributed by atoms with Gasteiger partial charge >= 0.3 is 0 Å². The molecule has 6 heteroatoms. The summed E-state index contributed by atoms with van der Waals surface area (Å²) in [5, 5.41) is 9.97. The van der Waals surface area contributed by atoms with Gasteiger partial charge in [-0.3, -0.25) is 9.47 Å². The molecule has 0 aliphatic carbocycles. The van der Waals surface area contributed by atoms with Gasteiger partial charge in [0.25, 0.3) is 0 Å². The van der Waals surface area contributed by atoms with Crippen LogP contribution >= 0.6 is 11.8 Å². The van der Waals surface area contributed by atoms with Crippen LogP contribution in [-0.4, -0.2) is 39.9 Å². The third kappa shape index (κ3) is 4.34. The lowest BCUT2D eigenvalue weighted by atomic mass is 10.2. The highest BCUT2D eigenvalue weighted by Gasteiger charge is 2.19. The summed E-state index contributed by atoms with van der Waals surface area (Å²) in [4.78, 5) is 2.46. The SMILES string of the molecule is COc1cccc(CSc2nnc(CN3CCCC3)n2-c2ccccc2)c1. The molecule has 1 saturated heterocycles. The van der Waals surface area contributed by atoms with Gasteiger partial charge in [-0.1, -0.05) is 42.1 Å². The van der Waals surface area contributed by atoms with Crippen LogP contribution in [0.3, 0.4) is 0 Å². The van der Waals surface area contributed by atoms with E-state index in [1.165, 1.54) is 18.4 Å². The zero-order chi connectivity index (χ0) is 18.5. The van der Waals surface area contributed by atoms with Crippen molar-refractivity contribution in [2.45, 2.75) is 30.3 Å². The molecular weight excluding hydrogens is 356 g/mol. The van der Waals surface area contributed by atoms with Crippen LogP contribution in [0.1, 0.15) is 24.2 Å². The Hall–Kier alpha value is -2.31. The summed E-state index contributed by atoms with van der Waals surface area (Å²) < 4.78 is 7.53. The first-order chi connectivity index (χ1) is 13.3. The predicted octanol–water partition coefficient (Wildman–Crippen LogP) is 4.16. The van der Waals surface area contributed by atoms with Crippen molar-refractivity contribution in [3.05, 3.63) is 66.0 Å². The van der Waals surface area contributed by atoms with Crippen LogP contribution in [0, 0.1) is 0 Å². The summed E-state index contributed by atoms with van der Waals surface area (Å²) in [6.07, 6.45) is 2.55. The van der Waals surface area contributed by atoms with Crippen LogP contribution < -0.4 is 4.74 Å². The molecule has 1 aliphatic heterocycles. The van der Waals surface area contributed by atoms with Gasteiger partial charge in [0.1, 0.15) is 5.75 Å². The number of rotatable bonds is 7. The molecule has 3 aromatic rings. The van der Waals surface area contributed by atoms with Gasteiger partial charge in [-0.2, -0.15) is 0 Å². The number of benzene rings is 2. The Labute approximate surface area is 164 Å². The van der Waals surface area contributed by atoms with E-state index >= 15 is 0 Å². The van der Waals surface area contributed by atoms with E-state index in [0.717, 1.165) is 47.8 Å². The summed E-state index contributed by atoms with van der Waals surface area (Å²) in [6.45, 7) is 3.14. The van der Waals surface area contributed by atoms with Crippen molar-refractivity contribution in [3.8, 4) is 11.4 Å². The van der Waals surface area contributed by atoms with Gasteiger partial charge < -0.3 is 4.74 Å². The molecule has 27 heavy (non-hydrogen) atoms. The largest absolute Gasteiger partial charge is 0.497 e. The van der Waals surface area contributed by atoms with Gasteiger partial charge in [-0.15, -0.1) is 10.2 Å². The first-order valence-electron chi connectivity index (χ1n) is 9.31. The van der Waals surface area contributed by atoms with E-state index in [4.69, 9.17) is 4.74 Å². The molecule has 0 saturated carbocycles. The Kier molecular flexibility index (Phi) is 5.75. The molecule has 140 valence electrons. The summed E-state index contributed by atoms with van der Waals surface area (Å²) in [5.41, 5.74) is 2.33. The molecule has 2 heterocycles. The van der Waals surface area contributed by atoms with Crippen LogP contribution in [0.2, 0.25) is 0 Å². The van der Waals surface area contributed by atoms with Crippen LogP contribution in [-0.2, 0) is 12.3 Å². The highest BCUT2D eigenvalue weighted by molar-refractivity contribution is 7.98. The van der Waals surface area contributed by atoms with E-state index in [2.05, 4.69) is 56.1 Å². The van der Waals surface area contributed by atoms with Crippen molar-refractivity contribution in [2.75, 3.05) is 20.2 Å². The smallest absolute Gasteiger partial charge is 0.196 e. The van der Waals surface area contributed by atoms with Crippen LogP contribution in [0.4, 0.5) is 0 Å². The molecular formula is C21H24N4OS. The highest BCUT2D eigenvalue weighted by Crippen LogP contribution is 2.27. The molecule has 4 rings (SSSR count). The van der Waals surface area contributed by atoms with Crippen molar-refractivity contribution in [1.82, 2.24) is 19.7 Å². The molecule has 0 radical (unpaired) electrons. The molecule has 1 aromatic heterocycles. The molecule has 0 bridgehead atoms. The van der Waals surface area contributed by atoms with E-state index in [9.17, 15) is 0 Å². The Morgan fingerprint density at radius 1 is 1.00 bits per heavy atom. The number of ether oxygens (including phenoxy) is 1. The number of methoxy groups -OCH3 is 1. The average Bonchev–Trinajstić information content (AvgIpc) is 3.37. The van der Waals surface area contributed by atoms with Crippen molar-refractivity contribution in [1.29, 1.82) is 0 Å². The summed E-state index contributed by atoms with van der Waals surface area (Å²) in [5.74, 6) is 2.72. The van der Waals surface area contributed by atoms with E-state index in [1.807, 2.05) is 18.2 Å². The monoisotopic (exact) mass is 380 g/mol. The average molecular weight is 381 g/mol. The summed E-state index contributed by atoms with van der Waals surface area (Å²) >= 11 is 1.71. The Balaban J connectivity index is 1.58. The molecule has 1 fully saturated rings. The summed E-state index contributed by atoms with van der Waals surface area (Å²) in [7, 11) is 1.70. The van der Waals surface area contributed by atoms with Crippen molar-refractivity contribution in [3.63, 3.8) is 0 Å². The molecule has 0 N–H and O–H groups in total. The Morgan fingerprint density at radius 2 is 1.81 bits per heavy atom. The number of hydrogen-bond acceptors (Lipinski definition) is 5. The number of likely N-dealkylation sites (tertiary alicyclic amines) is 1. The van der Waals surface area contributed by atoms with Crippen molar-refractivity contribution < 1.29 is 4.74 Å². The van der Waals surface area contributed by atoms with Gasteiger partial charge in [-0.25, -0.2) is 0 Å². The van der Waals surface area contributed by atoms with Crippen molar-refractivity contribution >= 4 is 11.8 Å². The lowest BCUT2D eigenvalue weighted by molar-refractivity contribution is 0.319. The summed E-state index contributed by atoms with van der Waals surface area (Å²) in [6, 6.07) is 18.6. The van der Waals surface area contributed by atoms with Gasteiger partial charge in [0, 0.05) is 11.4 Å². The molecule has 0 spiro atoms. The minimum Gasteiger partial charge on any atom is -0.497 e. The quantitative estimate of drug-likeness (QED) is 0.576. The fraction of sp³-hybridized carbons (Fsp3) is 0.333. The van der Waals surface area contributed by atoms with Gasteiger partial charge in [0.15, 0.2) is 11.0 Å². The molecule has 0 amide bonds. The molecule has 0 unspecified atom stereocenters. The third-order valence-corrected chi connectivity index (χ3v) is 5.78. The van der Waals surface area contributed by atoms with Crippen LogP contribution in [0.25, 0.3) is 5.69 Å². The number of hydrogen-bond donors (Lipinski definition) is 0. The zero-order valence-electron chi connectivity index (χ0n) is 15.5. The molecule has 0 atom stereocenters. The molecule has 2 aromatic carbocycles. The highest BCUT2D eigenvalue weighted by atomic mass is 32.2. The van der Waals surface area contributed by atoms with E-state index < -0.39 is 0 Å². The lowest BCUT2D eigenvalue weighted by Crippen LogP contribution is -2.21. The Bertz CT molecular complexity index is 875. The standard InChI is InChI=1S/C21H24N4OS/c1-26-19-11-7-8-17(14-19)16-27-21-23-22-20(15-24-12-5-6-13-24)25(21)18-9-3-2-4-10-18/h2-4,7-11,14H,5-6,12-13,15-16H2,1H3. The zero-order valence-corrected chi connectivity index (χ0v) is 16.4. The second-order valence-electron chi connectivity index (χ2n) is 6.69. The second kappa shape index (κ2) is 8.59. The number of nitrogens with zero attached hydrogens (tertiary/aromatic N) is 4. The molecule has 1 aliphatic rings. The maximum absolute atomic E-state index is 5.33. The topological polar surface area (TPSA) is 43.2 Å². The minimum atomic E-state index is 0.825. The van der Waals surface area contributed by atoms with Crippen molar-refractivity contribution in [2.24, 2.45) is 0 Å². The number of thioether (sulfide) groups is 1. The van der Waals surface area contributed by atoms with E-state index in [1.54, 1.807) is 18.9 Å². The Morgan fingerprint density at radius 3 is 2.59 bits per heavy atom. The second-order valence-corrected chi connectivity index (χ2v) is 7.64. The van der Waals surface area contributed by atoms with Gasteiger partial charge in [0.2, 0.25) is 0 Å². The number of aromatic nitrogens is 3. The maximum Gasteiger partial charge on any atom is 0.196 e. The third-order valence-electron chi connectivity index (χ3n) is 4.78. The van der Waals surface area contributed by atoms with Gasteiger partial charge in [-0.05, 0) is 55.8 Å². The number of para-hydroxylation sites is 1. The first kappa shape index (κ1) is 18.1. The van der Waals surface area contributed by atoms with Crippen LogP contribution in [0.15, 0.2) is 59.8 Å². The predicted molar refractivity (Wildman–Crippen MR) is 108 cm³/mol. The van der Waals surface area contributed by atoms with Gasteiger partial charge in [0.05, 0.1) is 13.7 Å². The van der Waals surface area contributed by atoms with E-state index in [-0.39, 0.29) is 0 Å². The fourth-order valence-corrected chi connectivity index (χ4v) is 4.30. The maximum atomic E-state index is 5.33.